The van der Waals surface area contributed by atoms with E-state index in [0.717, 1.165) is 6.07 Å². The Hall–Kier alpha value is -1.77. The van der Waals surface area contributed by atoms with E-state index in [1.54, 1.807) is 18.2 Å². The monoisotopic (exact) mass is 354 g/mol. The van der Waals surface area contributed by atoms with Crippen LogP contribution >= 0.6 is 27.5 Å². The van der Waals surface area contributed by atoms with Crippen LogP contribution in [0.5, 0.6) is 5.75 Å². The molecule has 0 heterocycles. The van der Waals surface area contributed by atoms with Crippen molar-refractivity contribution in [3.05, 3.63) is 56.8 Å². The van der Waals surface area contributed by atoms with Gasteiger partial charge in [0.1, 0.15) is 12.4 Å². The Morgan fingerprint density at radius 2 is 2.05 bits per heavy atom. The lowest BCUT2D eigenvalue weighted by Gasteiger charge is -2.11. The van der Waals surface area contributed by atoms with Gasteiger partial charge >= 0.3 is 0 Å². The smallest absolute Gasteiger partial charge is 0.156 e. The van der Waals surface area contributed by atoms with Crippen molar-refractivity contribution in [1.29, 1.82) is 5.26 Å². The highest BCUT2D eigenvalue weighted by molar-refractivity contribution is 9.10. The number of ether oxygens (including phenoxy) is 1. The van der Waals surface area contributed by atoms with Crippen LogP contribution in [-0.2, 0) is 6.61 Å². The second-order valence-corrected chi connectivity index (χ2v) is 5.35. The molecule has 2 rings (SSSR count). The molecule has 0 aliphatic carbocycles. The summed E-state index contributed by atoms with van der Waals surface area (Å²) in [6.07, 6.45) is 0. The predicted molar refractivity (Wildman–Crippen MR) is 79.0 cm³/mol. The third-order valence-electron chi connectivity index (χ3n) is 2.51. The number of hydrogen-bond donors (Lipinski definition) is 1. The fourth-order valence-corrected chi connectivity index (χ4v) is 2.63. The molecule has 2 N–H and O–H groups in total. The summed E-state index contributed by atoms with van der Waals surface area (Å²) in [6, 6.07) is 9.13. The van der Waals surface area contributed by atoms with E-state index in [1.165, 1.54) is 6.07 Å². The molecule has 0 spiro atoms. The fraction of sp³-hybridized carbons (Fsp3) is 0.0714. The second-order valence-electron chi connectivity index (χ2n) is 4.05. The maximum Gasteiger partial charge on any atom is 0.156 e. The van der Waals surface area contributed by atoms with Gasteiger partial charge in [-0.2, -0.15) is 5.26 Å². The molecule has 0 aromatic heterocycles. The van der Waals surface area contributed by atoms with Crippen LogP contribution in [0.4, 0.5) is 10.1 Å². The van der Waals surface area contributed by atoms with Gasteiger partial charge < -0.3 is 10.5 Å². The molecule has 0 unspecified atom stereocenters. The molecule has 102 valence electrons. The van der Waals surface area contributed by atoms with Gasteiger partial charge in [-0.25, -0.2) is 4.39 Å². The number of nitrogens with two attached hydrogens (primary N) is 1. The van der Waals surface area contributed by atoms with Crippen molar-refractivity contribution in [2.45, 2.75) is 6.61 Å². The highest BCUT2D eigenvalue weighted by atomic mass is 79.9. The van der Waals surface area contributed by atoms with Gasteiger partial charge in [0.15, 0.2) is 5.75 Å². The number of benzene rings is 2. The quantitative estimate of drug-likeness (QED) is 0.836. The minimum atomic E-state index is -0.481. The van der Waals surface area contributed by atoms with Crippen LogP contribution in [0.3, 0.4) is 0 Å². The van der Waals surface area contributed by atoms with Crippen LogP contribution in [-0.4, -0.2) is 0 Å². The maximum atomic E-state index is 13.3. The van der Waals surface area contributed by atoms with E-state index in [9.17, 15) is 4.39 Å². The molecule has 3 nitrogen and oxygen atoms in total. The number of halogens is 3. The Balaban J connectivity index is 2.21. The van der Waals surface area contributed by atoms with Crippen molar-refractivity contribution < 1.29 is 9.13 Å². The second kappa shape index (κ2) is 6.12. The van der Waals surface area contributed by atoms with Crippen molar-refractivity contribution in [2.75, 3.05) is 5.73 Å². The van der Waals surface area contributed by atoms with Gasteiger partial charge in [-0.3, -0.25) is 0 Å². The van der Waals surface area contributed by atoms with E-state index in [-0.39, 0.29) is 12.2 Å². The molecule has 0 amide bonds. The molecule has 0 saturated heterocycles. The van der Waals surface area contributed by atoms with Crippen molar-refractivity contribution in [2.24, 2.45) is 0 Å². The van der Waals surface area contributed by atoms with E-state index >= 15 is 0 Å². The number of rotatable bonds is 3. The van der Waals surface area contributed by atoms with E-state index in [2.05, 4.69) is 15.9 Å². The molecule has 0 radical (unpaired) electrons. The Morgan fingerprint density at radius 3 is 2.70 bits per heavy atom. The third kappa shape index (κ3) is 3.41. The van der Waals surface area contributed by atoms with E-state index in [4.69, 9.17) is 27.3 Å². The van der Waals surface area contributed by atoms with Gasteiger partial charge in [0.25, 0.3) is 0 Å². The summed E-state index contributed by atoms with van der Waals surface area (Å²) in [5, 5.41) is 9.28. The first-order chi connectivity index (χ1) is 9.49. The van der Waals surface area contributed by atoms with Crippen molar-refractivity contribution in [1.82, 2.24) is 0 Å². The predicted octanol–water partition coefficient (Wildman–Crippen LogP) is 4.27. The normalized spacial score (nSPS) is 10.1. The molecular formula is C14H9BrClFN2O. The van der Waals surface area contributed by atoms with Gasteiger partial charge in [0, 0.05) is 5.02 Å². The summed E-state index contributed by atoms with van der Waals surface area (Å²) in [4.78, 5) is 0. The molecule has 0 aliphatic rings. The summed E-state index contributed by atoms with van der Waals surface area (Å²) in [5.74, 6) is -0.0528. The lowest BCUT2D eigenvalue weighted by Crippen LogP contribution is -2.00. The fourth-order valence-electron chi connectivity index (χ4n) is 1.69. The average Bonchev–Trinajstić information content (AvgIpc) is 2.36. The van der Waals surface area contributed by atoms with Crippen LogP contribution in [0.1, 0.15) is 11.1 Å². The van der Waals surface area contributed by atoms with Crippen LogP contribution in [0.25, 0.3) is 0 Å². The SMILES string of the molecule is N#Cc1cc(F)cc(COc2c(N)cc(Cl)cc2Br)c1. The number of nitrogens with zero attached hydrogens (tertiary/aromatic N) is 1. The molecule has 20 heavy (non-hydrogen) atoms. The highest BCUT2D eigenvalue weighted by Gasteiger charge is 2.09. The van der Waals surface area contributed by atoms with Crippen LogP contribution < -0.4 is 10.5 Å². The van der Waals surface area contributed by atoms with Crippen LogP contribution in [0, 0.1) is 17.1 Å². The highest BCUT2D eigenvalue weighted by Crippen LogP contribution is 2.35. The molecule has 0 bridgehead atoms. The largest absolute Gasteiger partial charge is 0.486 e. The molecule has 2 aromatic carbocycles. The standard InChI is InChI=1S/C14H9BrClFN2O/c15-12-4-10(16)5-13(19)14(12)20-7-9-1-8(6-18)2-11(17)3-9/h1-5H,7,19H2. The van der Waals surface area contributed by atoms with E-state index < -0.39 is 5.82 Å². The van der Waals surface area contributed by atoms with Gasteiger partial charge in [-0.1, -0.05) is 11.6 Å². The van der Waals surface area contributed by atoms with Gasteiger partial charge in [0.05, 0.1) is 21.8 Å². The lowest BCUT2D eigenvalue weighted by molar-refractivity contribution is 0.305. The number of anilines is 1. The van der Waals surface area contributed by atoms with Crippen LogP contribution in [0.2, 0.25) is 5.02 Å². The Kier molecular flexibility index (Phi) is 4.48. The number of hydrogen-bond acceptors (Lipinski definition) is 3. The first kappa shape index (κ1) is 14.6. The zero-order valence-electron chi connectivity index (χ0n) is 10.2. The molecule has 0 atom stereocenters. The summed E-state index contributed by atoms with van der Waals surface area (Å²) >= 11 is 9.15. The molecule has 0 fully saturated rings. The van der Waals surface area contributed by atoms with E-state index in [0.29, 0.717) is 26.5 Å². The third-order valence-corrected chi connectivity index (χ3v) is 3.31. The lowest BCUT2D eigenvalue weighted by atomic mass is 10.1. The zero-order valence-corrected chi connectivity index (χ0v) is 12.5. The van der Waals surface area contributed by atoms with Gasteiger partial charge in [0.2, 0.25) is 0 Å². The van der Waals surface area contributed by atoms with Crippen molar-refractivity contribution in [3.8, 4) is 11.8 Å². The Bertz CT molecular complexity index is 677. The number of nitriles is 1. The molecule has 2 aromatic rings. The summed E-state index contributed by atoms with van der Waals surface area (Å²) < 4.78 is 19.5. The molecule has 6 heteroatoms. The Morgan fingerprint density at radius 1 is 1.30 bits per heavy atom. The first-order valence-corrected chi connectivity index (χ1v) is 6.73. The van der Waals surface area contributed by atoms with Gasteiger partial charge in [-0.15, -0.1) is 0 Å². The molecular weight excluding hydrogens is 347 g/mol. The summed E-state index contributed by atoms with van der Waals surface area (Å²) in [7, 11) is 0. The minimum Gasteiger partial charge on any atom is -0.486 e. The van der Waals surface area contributed by atoms with Gasteiger partial charge in [-0.05, 0) is 51.8 Å². The zero-order chi connectivity index (χ0) is 14.7. The first-order valence-electron chi connectivity index (χ1n) is 5.56. The van der Waals surface area contributed by atoms with Crippen molar-refractivity contribution >= 4 is 33.2 Å². The average molecular weight is 356 g/mol. The summed E-state index contributed by atoms with van der Waals surface area (Å²) in [5.41, 5.74) is 6.97. The van der Waals surface area contributed by atoms with Crippen molar-refractivity contribution in [3.63, 3.8) is 0 Å². The summed E-state index contributed by atoms with van der Waals surface area (Å²) in [6.45, 7) is 0.0941. The van der Waals surface area contributed by atoms with E-state index in [1.807, 2.05) is 6.07 Å². The maximum absolute atomic E-state index is 13.3. The topological polar surface area (TPSA) is 59.0 Å². The minimum absolute atomic E-state index is 0.0941. The molecule has 0 aliphatic heterocycles. The molecule has 0 saturated carbocycles. The Labute approximate surface area is 128 Å². The number of nitrogen functional groups attached to an aromatic ring is 1. The van der Waals surface area contributed by atoms with Crippen LogP contribution in [0.15, 0.2) is 34.8 Å².